The van der Waals surface area contributed by atoms with Gasteiger partial charge in [-0.25, -0.2) is 4.98 Å². The maximum atomic E-state index is 11.4. The van der Waals surface area contributed by atoms with Crippen molar-refractivity contribution in [3.63, 3.8) is 0 Å². The van der Waals surface area contributed by atoms with Crippen molar-refractivity contribution < 1.29 is 4.79 Å². The second-order valence-electron chi connectivity index (χ2n) is 4.12. The molecule has 0 aliphatic carbocycles. The zero-order valence-electron chi connectivity index (χ0n) is 9.58. The Morgan fingerprint density at radius 2 is 2.20 bits per heavy atom. The number of carbonyl (C=O) groups is 1. The molecule has 0 spiro atoms. The van der Waals surface area contributed by atoms with E-state index < -0.39 is 0 Å². The zero-order valence-corrected chi connectivity index (χ0v) is 9.58. The molecule has 4 heteroatoms. The lowest BCUT2D eigenvalue weighted by atomic mass is 10.2. The fourth-order valence-corrected chi connectivity index (χ4v) is 2.17. The molecule has 0 saturated heterocycles. The Bertz CT molecular complexity index is 395. The standard InChI is InChI=1S/C11H17N3O/c1-8-11(13(3)9(2)15)14-7-5-4-6-10(14)12-8/h4-7H2,1-3H3. The van der Waals surface area contributed by atoms with Crippen LogP contribution in [0.1, 0.15) is 31.3 Å². The van der Waals surface area contributed by atoms with Crippen LogP contribution in [0.15, 0.2) is 0 Å². The predicted octanol–water partition coefficient (Wildman–Crippen LogP) is 1.51. The highest BCUT2D eigenvalue weighted by atomic mass is 16.2. The highest BCUT2D eigenvalue weighted by Gasteiger charge is 2.21. The van der Waals surface area contributed by atoms with Crippen molar-refractivity contribution in [1.82, 2.24) is 9.55 Å². The third-order valence-electron chi connectivity index (χ3n) is 3.01. The van der Waals surface area contributed by atoms with Crippen LogP contribution in [0.25, 0.3) is 0 Å². The van der Waals surface area contributed by atoms with Gasteiger partial charge in [0.15, 0.2) is 0 Å². The summed E-state index contributed by atoms with van der Waals surface area (Å²) in [7, 11) is 1.81. The Morgan fingerprint density at radius 1 is 1.47 bits per heavy atom. The minimum absolute atomic E-state index is 0.0615. The largest absolute Gasteiger partial charge is 0.314 e. The van der Waals surface area contributed by atoms with Gasteiger partial charge in [-0.3, -0.25) is 4.79 Å². The Morgan fingerprint density at radius 3 is 2.87 bits per heavy atom. The number of aryl methyl sites for hydroxylation is 2. The summed E-state index contributed by atoms with van der Waals surface area (Å²) in [5.74, 6) is 2.16. The van der Waals surface area contributed by atoms with E-state index in [0.717, 1.165) is 30.3 Å². The molecule has 0 radical (unpaired) electrons. The van der Waals surface area contributed by atoms with Crippen molar-refractivity contribution >= 4 is 11.7 Å². The average molecular weight is 207 g/mol. The van der Waals surface area contributed by atoms with Gasteiger partial charge in [0.05, 0.1) is 5.69 Å². The molecular formula is C11H17N3O. The van der Waals surface area contributed by atoms with Crippen LogP contribution in [-0.4, -0.2) is 22.5 Å². The minimum Gasteiger partial charge on any atom is -0.314 e. The van der Waals surface area contributed by atoms with Crippen molar-refractivity contribution in [2.24, 2.45) is 0 Å². The Kier molecular flexibility index (Phi) is 2.50. The molecule has 0 unspecified atom stereocenters. The zero-order chi connectivity index (χ0) is 11.0. The van der Waals surface area contributed by atoms with Gasteiger partial charge in [0, 0.05) is 26.9 Å². The molecular weight excluding hydrogens is 190 g/mol. The van der Waals surface area contributed by atoms with Crippen LogP contribution in [0, 0.1) is 6.92 Å². The number of aromatic nitrogens is 2. The monoisotopic (exact) mass is 207 g/mol. The normalized spacial score (nSPS) is 14.9. The van der Waals surface area contributed by atoms with Crippen LogP contribution in [-0.2, 0) is 17.8 Å². The van der Waals surface area contributed by atoms with Crippen LogP contribution in [0.3, 0.4) is 0 Å². The van der Waals surface area contributed by atoms with E-state index in [2.05, 4.69) is 9.55 Å². The number of fused-ring (bicyclic) bond motifs is 1. The first kappa shape index (κ1) is 10.2. The van der Waals surface area contributed by atoms with E-state index in [1.165, 1.54) is 12.8 Å². The molecule has 2 rings (SSSR count). The van der Waals surface area contributed by atoms with E-state index in [1.54, 1.807) is 11.8 Å². The first-order chi connectivity index (χ1) is 7.11. The van der Waals surface area contributed by atoms with Gasteiger partial charge in [-0.2, -0.15) is 0 Å². The summed E-state index contributed by atoms with van der Waals surface area (Å²) in [6.45, 7) is 4.55. The molecule has 1 aliphatic heterocycles. The molecule has 4 nitrogen and oxygen atoms in total. The van der Waals surface area contributed by atoms with Gasteiger partial charge in [0.25, 0.3) is 0 Å². The molecule has 2 heterocycles. The molecule has 1 amide bonds. The minimum atomic E-state index is 0.0615. The number of carbonyl (C=O) groups excluding carboxylic acids is 1. The SMILES string of the molecule is CC(=O)N(C)c1c(C)nc2n1CCCC2. The van der Waals surface area contributed by atoms with Gasteiger partial charge in [0.2, 0.25) is 5.91 Å². The van der Waals surface area contributed by atoms with E-state index in [0.29, 0.717) is 0 Å². The summed E-state index contributed by atoms with van der Waals surface area (Å²) in [5.41, 5.74) is 0.963. The van der Waals surface area contributed by atoms with Crippen LogP contribution in [0.4, 0.5) is 5.82 Å². The number of rotatable bonds is 1. The summed E-state index contributed by atoms with van der Waals surface area (Å²) >= 11 is 0. The summed E-state index contributed by atoms with van der Waals surface area (Å²) in [6, 6.07) is 0. The van der Waals surface area contributed by atoms with Crippen molar-refractivity contribution in [2.45, 2.75) is 39.7 Å². The van der Waals surface area contributed by atoms with E-state index >= 15 is 0 Å². The molecule has 1 aromatic heterocycles. The number of anilines is 1. The number of nitrogens with zero attached hydrogens (tertiary/aromatic N) is 3. The van der Waals surface area contributed by atoms with Crippen molar-refractivity contribution in [3.8, 4) is 0 Å². The van der Waals surface area contributed by atoms with Gasteiger partial charge in [-0.05, 0) is 19.8 Å². The quantitative estimate of drug-likeness (QED) is 0.700. The van der Waals surface area contributed by atoms with E-state index in [4.69, 9.17) is 0 Å². The maximum Gasteiger partial charge on any atom is 0.224 e. The summed E-state index contributed by atoms with van der Waals surface area (Å²) < 4.78 is 2.18. The number of imidazole rings is 1. The molecule has 15 heavy (non-hydrogen) atoms. The third kappa shape index (κ3) is 1.64. The Hall–Kier alpha value is -1.32. The van der Waals surface area contributed by atoms with Crippen LogP contribution in [0.5, 0.6) is 0 Å². The molecule has 0 aromatic carbocycles. The van der Waals surface area contributed by atoms with Crippen LogP contribution in [0.2, 0.25) is 0 Å². The Balaban J connectivity index is 2.46. The van der Waals surface area contributed by atoms with Crippen molar-refractivity contribution in [3.05, 3.63) is 11.5 Å². The highest BCUT2D eigenvalue weighted by Crippen LogP contribution is 2.25. The number of hydrogen-bond donors (Lipinski definition) is 0. The molecule has 0 bridgehead atoms. The Labute approximate surface area is 89.9 Å². The molecule has 0 N–H and O–H groups in total. The number of amides is 1. The molecule has 0 saturated carbocycles. The fourth-order valence-electron chi connectivity index (χ4n) is 2.17. The lowest BCUT2D eigenvalue weighted by Gasteiger charge is -2.21. The van der Waals surface area contributed by atoms with Gasteiger partial charge in [0.1, 0.15) is 11.6 Å². The van der Waals surface area contributed by atoms with E-state index in [1.807, 2.05) is 14.0 Å². The molecule has 1 aromatic rings. The van der Waals surface area contributed by atoms with Gasteiger partial charge in [-0.15, -0.1) is 0 Å². The van der Waals surface area contributed by atoms with Gasteiger partial charge >= 0.3 is 0 Å². The summed E-state index contributed by atoms with van der Waals surface area (Å²) in [6.07, 6.45) is 3.42. The lowest BCUT2D eigenvalue weighted by molar-refractivity contribution is -0.116. The van der Waals surface area contributed by atoms with E-state index in [9.17, 15) is 4.79 Å². The maximum absolute atomic E-state index is 11.4. The first-order valence-electron chi connectivity index (χ1n) is 5.41. The van der Waals surface area contributed by atoms with Crippen molar-refractivity contribution in [1.29, 1.82) is 0 Å². The molecule has 0 fully saturated rings. The average Bonchev–Trinajstić information content (AvgIpc) is 2.52. The van der Waals surface area contributed by atoms with Crippen LogP contribution >= 0.6 is 0 Å². The smallest absolute Gasteiger partial charge is 0.224 e. The second-order valence-corrected chi connectivity index (χ2v) is 4.12. The van der Waals surface area contributed by atoms with Gasteiger partial charge < -0.3 is 9.47 Å². The van der Waals surface area contributed by atoms with Crippen LogP contribution < -0.4 is 4.90 Å². The highest BCUT2D eigenvalue weighted by molar-refractivity contribution is 5.90. The lowest BCUT2D eigenvalue weighted by Crippen LogP contribution is -2.27. The van der Waals surface area contributed by atoms with Gasteiger partial charge in [-0.1, -0.05) is 0 Å². The molecule has 0 atom stereocenters. The topological polar surface area (TPSA) is 38.1 Å². The van der Waals surface area contributed by atoms with E-state index in [-0.39, 0.29) is 5.91 Å². The van der Waals surface area contributed by atoms with Crippen molar-refractivity contribution in [2.75, 3.05) is 11.9 Å². The summed E-state index contributed by atoms with van der Waals surface area (Å²) in [5, 5.41) is 0. The second kappa shape index (κ2) is 3.68. The fraction of sp³-hybridized carbons (Fsp3) is 0.636. The predicted molar refractivity (Wildman–Crippen MR) is 59.0 cm³/mol. The number of hydrogen-bond acceptors (Lipinski definition) is 2. The molecule has 1 aliphatic rings. The first-order valence-corrected chi connectivity index (χ1v) is 5.41. The molecule has 82 valence electrons. The third-order valence-corrected chi connectivity index (χ3v) is 3.01. The summed E-state index contributed by atoms with van der Waals surface area (Å²) in [4.78, 5) is 17.6.